The van der Waals surface area contributed by atoms with Crippen LogP contribution in [0.3, 0.4) is 0 Å². The summed E-state index contributed by atoms with van der Waals surface area (Å²) in [6.45, 7) is 0. The van der Waals surface area contributed by atoms with Crippen molar-refractivity contribution in [3.8, 4) is 0 Å². The van der Waals surface area contributed by atoms with Gasteiger partial charge in [0, 0.05) is 0 Å². The van der Waals surface area contributed by atoms with Crippen molar-refractivity contribution < 1.29 is 10.4 Å². The van der Waals surface area contributed by atoms with Gasteiger partial charge in [0.15, 0.2) is 0 Å². The first kappa shape index (κ1) is 4.76. The van der Waals surface area contributed by atoms with E-state index in [0.717, 1.165) is 12.4 Å². The molecule has 0 aliphatic rings. The van der Waals surface area contributed by atoms with Gasteiger partial charge < -0.3 is 10.4 Å². The predicted molar refractivity (Wildman–Crippen MR) is 23.1 cm³/mol. The number of nitrogens with zero attached hydrogens (tertiary/aromatic N) is 2. The van der Waals surface area contributed by atoms with E-state index in [0.29, 0.717) is 0 Å². The summed E-state index contributed by atoms with van der Waals surface area (Å²) < 4.78 is 0.556. The molecule has 5 heteroatoms. The molecular formula is C3H4N2O3. The number of hydrogen-bond acceptors (Lipinski definition) is 3. The van der Waals surface area contributed by atoms with Crippen molar-refractivity contribution in [3.05, 3.63) is 22.9 Å². The van der Waals surface area contributed by atoms with E-state index in [-0.39, 0.29) is 9.46 Å². The molecule has 8 heavy (non-hydrogen) atoms. The molecule has 0 bridgehead atoms. The largest absolute Gasteiger partial charge is 0.424 e. The lowest BCUT2D eigenvalue weighted by Gasteiger charge is -1.81. The van der Waals surface area contributed by atoms with Crippen molar-refractivity contribution in [2.24, 2.45) is 0 Å². The van der Waals surface area contributed by atoms with Crippen LogP contribution < -0.4 is 5.69 Å². The summed E-state index contributed by atoms with van der Waals surface area (Å²) in [7, 11) is 0. The lowest BCUT2D eigenvalue weighted by molar-refractivity contribution is 0.130. The van der Waals surface area contributed by atoms with Crippen LogP contribution in [-0.4, -0.2) is 19.9 Å². The first-order chi connectivity index (χ1) is 3.72. The fourth-order valence-corrected chi connectivity index (χ4v) is 0.359. The summed E-state index contributed by atoms with van der Waals surface area (Å²) in [6, 6.07) is 0. The zero-order chi connectivity index (χ0) is 6.15. The molecule has 1 heterocycles. The molecule has 0 atom stereocenters. The Kier molecular flexibility index (Phi) is 0.768. The zero-order valence-corrected chi connectivity index (χ0v) is 3.85. The minimum atomic E-state index is -0.870. The molecule has 0 fully saturated rings. The Balaban J connectivity index is 3.42. The molecule has 44 valence electrons. The standard InChI is InChI=1S/C3H4N2O3/c6-3-4(7)1-2-5(3)8/h1-2,7-8H. The summed E-state index contributed by atoms with van der Waals surface area (Å²) in [5, 5.41) is 16.7. The van der Waals surface area contributed by atoms with Gasteiger partial charge in [-0.05, 0) is 0 Å². The van der Waals surface area contributed by atoms with Crippen LogP contribution in [-0.2, 0) is 0 Å². The van der Waals surface area contributed by atoms with Gasteiger partial charge in [0.25, 0.3) is 0 Å². The van der Waals surface area contributed by atoms with Crippen LogP contribution in [0.1, 0.15) is 0 Å². The normalized spacial score (nSPS) is 9.50. The monoisotopic (exact) mass is 116 g/mol. The van der Waals surface area contributed by atoms with Crippen molar-refractivity contribution in [2.45, 2.75) is 0 Å². The molecule has 0 saturated heterocycles. The number of rotatable bonds is 0. The average Bonchev–Trinajstić information content (AvgIpc) is 1.98. The molecule has 0 aromatic carbocycles. The highest BCUT2D eigenvalue weighted by Crippen LogP contribution is 1.71. The number of hydrogen-bond donors (Lipinski definition) is 2. The quantitative estimate of drug-likeness (QED) is 0.433. The highest BCUT2D eigenvalue weighted by molar-refractivity contribution is 4.72. The molecule has 5 nitrogen and oxygen atoms in total. The predicted octanol–water partition coefficient (Wildman–Crippen LogP) is -0.876. The molecule has 1 aromatic rings. The van der Waals surface area contributed by atoms with Gasteiger partial charge in [0.1, 0.15) is 0 Å². The molecule has 0 saturated carbocycles. The first-order valence-electron chi connectivity index (χ1n) is 1.90. The summed E-state index contributed by atoms with van der Waals surface area (Å²) in [5.41, 5.74) is -0.870. The van der Waals surface area contributed by atoms with Crippen molar-refractivity contribution in [2.75, 3.05) is 0 Å². The van der Waals surface area contributed by atoms with Crippen LogP contribution in [0, 0.1) is 0 Å². The Hall–Kier alpha value is -1.39. The molecule has 2 N–H and O–H groups in total. The Bertz CT molecular complexity index is 212. The Morgan fingerprint density at radius 2 is 1.62 bits per heavy atom. The molecule has 0 aliphatic carbocycles. The van der Waals surface area contributed by atoms with Gasteiger partial charge in [-0.3, -0.25) is 0 Å². The van der Waals surface area contributed by atoms with E-state index in [4.69, 9.17) is 10.4 Å². The first-order valence-corrected chi connectivity index (χ1v) is 1.90. The molecule has 0 amide bonds. The van der Waals surface area contributed by atoms with Crippen molar-refractivity contribution in [3.63, 3.8) is 0 Å². The van der Waals surface area contributed by atoms with E-state index in [1.54, 1.807) is 0 Å². The third kappa shape index (κ3) is 0.446. The third-order valence-electron chi connectivity index (χ3n) is 0.741. The van der Waals surface area contributed by atoms with E-state index in [1.807, 2.05) is 0 Å². The van der Waals surface area contributed by atoms with Gasteiger partial charge in [0.2, 0.25) is 0 Å². The lowest BCUT2D eigenvalue weighted by Crippen LogP contribution is -2.20. The fraction of sp³-hybridized carbons (Fsp3) is 0. The minimum Gasteiger partial charge on any atom is -0.424 e. The molecule has 1 rings (SSSR count). The highest BCUT2D eigenvalue weighted by atomic mass is 16.5. The lowest BCUT2D eigenvalue weighted by atomic mass is 11.0. The second-order valence-electron chi connectivity index (χ2n) is 1.27. The summed E-state index contributed by atoms with van der Waals surface area (Å²) in [5.74, 6) is 0. The smallest absolute Gasteiger partial charge is 0.393 e. The van der Waals surface area contributed by atoms with Crippen LogP contribution in [0.25, 0.3) is 0 Å². The van der Waals surface area contributed by atoms with Gasteiger partial charge in [-0.2, -0.15) is 0 Å². The highest BCUT2D eigenvalue weighted by Gasteiger charge is 1.94. The molecule has 0 aliphatic heterocycles. The van der Waals surface area contributed by atoms with E-state index >= 15 is 0 Å². The van der Waals surface area contributed by atoms with Crippen LogP contribution in [0.15, 0.2) is 17.2 Å². The van der Waals surface area contributed by atoms with E-state index in [1.165, 1.54) is 0 Å². The van der Waals surface area contributed by atoms with Gasteiger partial charge in [-0.1, -0.05) is 0 Å². The van der Waals surface area contributed by atoms with E-state index in [9.17, 15) is 4.79 Å². The minimum absolute atomic E-state index is 0.278. The van der Waals surface area contributed by atoms with Gasteiger partial charge in [0.05, 0.1) is 12.4 Å². The maximum atomic E-state index is 10.2. The van der Waals surface area contributed by atoms with Crippen molar-refractivity contribution >= 4 is 0 Å². The molecular weight excluding hydrogens is 112 g/mol. The third-order valence-corrected chi connectivity index (χ3v) is 0.741. The Labute approximate surface area is 43.9 Å². The SMILES string of the molecule is O=c1n(O)ccn1O. The summed E-state index contributed by atoms with van der Waals surface area (Å²) >= 11 is 0. The van der Waals surface area contributed by atoms with Crippen molar-refractivity contribution in [1.29, 1.82) is 0 Å². The molecule has 0 unspecified atom stereocenters. The van der Waals surface area contributed by atoms with Gasteiger partial charge in [-0.15, -0.1) is 9.46 Å². The van der Waals surface area contributed by atoms with Crippen LogP contribution in [0.2, 0.25) is 0 Å². The van der Waals surface area contributed by atoms with Crippen LogP contribution in [0.4, 0.5) is 0 Å². The maximum Gasteiger partial charge on any atom is 0.393 e. The molecule has 0 radical (unpaired) electrons. The van der Waals surface area contributed by atoms with Crippen LogP contribution >= 0.6 is 0 Å². The second-order valence-corrected chi connectivity index (χ2v) is 1.27. The van der Waals surface area contributed by atoms with Gasteiger partial charge >= 0.3 is 5.69 Å². The fourth-order valence-electron chi connectivity index (χ4n) is 0.359. The number of imidazole rings is 1. The molecule has 0 spiro atoms. The summed E-state index contributed by atoms with van der Waals surface area (Å²) in [4.78, 5) is 10.2. The average molecular weight is 116 g/mol. The topological polar surface area (TPSA) is 67.4 Å². The van der Waals surface area contributed by atoms with Crippen LogP contribution in [0.5, 0.6) is 0 Å². The zero-order valence-electron chi connectivity index (χ0n) is 3.85. The maximum absolute atomic E-state index is 10.2. The van der Waals surface area contributed by atoms with E-state index < -0.39 is 5.69 Å². The Morgan fingerprint density at radius 3 is 1.75 bits per heavy atom. The second kappa shape index (κ2) is 1.29. The molecule has 1 aromatic heterocycles. The van der Waals surface area contributed by atoms with E-state index in [2.05, 4.69) is 0 Å². The van der Waals surface area contributed by atoms with Crippen molar-refractivity contribution in [1.82, 2.24) is 9.46 Å². The Morgan fingerprint density at radius 1 is 1.25 bits per heavy atom. The van der Waals surface area contributed by atoms with Gasteiger partial charge in [-0.25, -0.2) is 4.79 Å². The number of aromatic nitrogens is 2. The summed E-state index contributed by atoms with van der Waals surface area (Å²) in [6.07, 6.45) is 2.06.